The van der Waals surface area contributed by atoms with Crippen molar-refractivity contribution in [2.45, 2.75) is 50.3 Å². The van der Waals surface area contributed by atoms with Crippen molar-refractivity contribution in [2.24, 2.45) is 5.92 Å². The average Bonchev–Trinajstić information content (AvgIpc) is 3.15. The summed E-state index contributed by atoms with van der Waals surface area (Å²) >= 11 is 7.81. The number of piperidine rings is 1. The molecule has 1 N–H and O–H groups in total. The fourth-order valence-electron chi connectivity index (χ4n) is 3.84. The fraction of sp³-hybridized carbons (Fsp3) is 0.650. The van der Waals surface area contributed by atoms with Gasteiger partial charge < -0.3 is 5.32 Å². The Morgan fingerprint density at radius 3 is 2.65 bits per heavy atom. The Morgan fingerprint density at radius 2 is 1.96 bits per heavy atom. The quantitative estimate of drug-likeness (QED) is 0.687. The van der Waals surface area contributed by atoms with Crippen LogP contribution in [0.3, 0.4) is 0 Å². The maximum absolute atomic E-state index is 13.9. The summed E-state index contributed by atoms with van der Waals surface area (Å²) in [5, 5.41) is 4.34. The van der Waals surface area contributed by atoms with Crippen LogP contribution in [-0.2, 0) is 11.3 Å². The van der Waals surface area contributed by atoms with Gasteiger partial charge in [-0.15, -0.1) is 0 Å². The molecule has 1 aliphatic carbocycles. The summed E-state index contributed by atoms with van der Waals surface area (Å²) in [5.41, 5.74) is 0.668. The lowest BCUT2D eigenvalue weighted by molar-refractivity contribution is -0.126. The zero-order chi connectivity index (χ0) is 18.4. The molecule has 2 fully saturated rings. The Bertz CT molecular complexity index is 601. The second-order valence-electron chi connectivity index (χ2n) is 7.35. The van der Waals surface area contributed by atoms with Crippen LogP contribution in [0.5, 0.6) is 0 Å². The number of thioether (sulfide) groups is 1. The van der Waals surface area contributed by atoms with E-state index in [1.807, 2.05) is 11.8 Å². The second-order valence-corrected chi connectivity index (χ2v) is 9.20. The van der Waals surface area contributed by atoms with E-state index in [-0.39, 0.29) is 17.6 Å². The summed E-state index contributed by atoms with van der Waals surface area (Å²) in [4.78, 5) is 14.6. The molecule has 0 bridgehead atoms. The van der Waals surface area contributed by atoms with Crippen LogP contribution >= 0.6 is 23.4 Å². The van der Waals surface area contributed by atoms with Crippen molar-refractivity contribution in [3.8, 4) is 0 Å². The average molecular weight is 399 g/mol. The molecule has 1 aromatic carbocycles. The van der Waals surface area contributed by atoms with E-state index in [0.717, 1.165) is 43.5 Å². The van der Waals surface area contributed by atoms with Crippen molar-refractivity contribution >= 4 is 29.3 Å². The molecule has 0 unspecified atom stereocenters. The molecule has 3 rings (SSSR count). The molecule has 2 aliphatic rings. The first-order chi connectivity index (χ1) is 12.6. The molecule has 1 saturated heterocycles. The molecule has 1 heterocycles. The van der Waals surface area contributed by atoms with Gasteiger partial charge in [0.05, 0.1) is 0 Å². The van der Waals surface area contributed by atoms with Gasteiger partial charge >= 0.3 is 0 Å². The number of carbonyl (C=O) groups excluding carboxylic acids is 1. The third kappa shape index (κ3) is 5.86. The van der Waals surface area contributed by atoms with E-state index in [1.165, 1.54) is 31.7 Å². The molecular formula is C20H28ClFN2OS. The zero-order valence-electron chi connectivity index (χ0n) is 15.2. The van der Waals surface area contributed by atoms with Gasteiger partial charge in [0.1, 0.15) is 5.82 Å². The molecular weight excluding hydrogens is 371 g/mol. The van der Waals surface area contributed by atoms with Crippen LogP contribution in [0.15, 0.2) is 18.2 Å². The standard InChI is InChI=1S/C20H28ClFN2OS/c21-17-6-5-16(19(22)13-17)14-24-10-7-15(8-11-24)20(25)23-9-12-26-18-3-1-2-4-18/h5-6,13,15,18H,1-4,7-12,14H2,(H,23,25). The van der Waals surface area contributed by atoms with Crippen molar-refractivity contribution in [3.05, 3.63) is 34.6 Å². The predicted octanol–water partition coefficient (Wildman–Crippen LogP) is 4.48. The summed E-state index contributed by atoms with van der Waals surface area (Å²) in [6.07, 6.45) is 7.09. The Hall–Kier alpha value is -0.780. The molecule has 0 radical (unpaired) electrons. The first kappa shape index (κ1) is 20.0. The third-order valence-electron chi connectivity index (χ3n) is 5.42. The first-order valence-corrected chi connectivity index (χ1v) is 11.1. The van der Waals surface area contributed by atoms with Crippen LogP contribution in [0.2, 0.25) is 5.02 Å². The molecule has 0 spiro atoms. The highest BCUT2D eigenvalue weighted by atomic mass is 35.5. The van der Waals surface area contributed by atoms with E-state index < -0.39 is 0 Å². The number of halogens is 2. The number of nitrogens with one attached hydrogen (secondary N) is 1. The SMILES string of the molecule is O=C(NCCSC1CCCC1)C1CCN(Cc2ccc(Cl)cc2F)CC1. The van der Waals surface area contributed by atoms with Crippen molar-refractivity contribution in [1.29, 1.82) is 0 Å². The smallest absolute Gasteiger partial charge is 0.223 e. The topological polar surface area (TPSA) is 32.3 Å². The van der Waals surface area contributed by atoms with Crippen LogP contribution in [0.25, 0.3) is 0 Å². The van der Waals surface area contributed by atoms with E-state index in [2.05, 4.69) is 10.2 Å². The summed E-state index contributed by atoms with van der Waals surface area (Å²) in [7, 11) is 0. The molecule has 3 nitrogen and oxygen atoms in total. The molecule has 1 saturated carbocycles. The molecule has 0 atom stereocenters. The van der Waals surface area contributed by atoms with Gasteiger partial charge in [-0.05, 0) is 50.9 Å². The summed E-state index contributed by atoms with van der Waals surface area (Å²) in [5.74, 6) is 1.05. The maximum atomic E-state index is 13.9. The van der Waals surface area contributed by atoms with Gasteiger partial charge in [0.15, 0.2) is 0 Å². The van der Waals surface area contributed by atoms with E-state index >= 15 is 0 Å². The molecule has 0 aromatic heterocycles. The number of carbonyl (C=O) groups is 1. The van der Waals surface area contributed by atoms with Gasteiger partial charge in [-0.3, -0.25) is 9.69 Å². The van der Waals surface area contributed by atoms with E-state index in [4.69, 9.17) is 11.6 Å². The van der Waals surface area contributed by atoms with Gasteiger partial charge in [-0.25, -0.2) is 4.39 Å². The molecule has 1 aliphatic heterocycles. The summed E-state index contributed by atoms with van der Waals surface area (Å²) < 4.78 is 13.9. The lowest BCUT2D eigenvalue weighted by atomic mass is 9.95. The lowest BCUT2D eigenvalue weighted by Crippen LogP contribution is -2.40. The number of amides is 1. The third-order valence-corrected chi connectivity index (χ3v) is 7.04. The van der Waals surface area contributed by atoms with Crippen LogP contribution in [-0.4, -0.2) is 41.4 Å². The van der Waals surface area contributed by atoms with Gasteiger partial charge in [-0.2, -0.15) is 11.8 Å². The zero-order valence-corrected chi connectivity index (χ0v) is 16.8. The van der Waals surface area contributed by atoms with Crippen LogP contribution < -0.4 is 5.32 Å². The summed E-state index contributed by atoms with van der Waals surface area (Å²) in [6, 6.07) is 4.84. The highest BCUT2D eigenvalue weighted by Crippen LogP contribution is 2.29. The Balaban J connectivity index is 1.34. The first-order valence-electron chi connectivity index (χ1n) is 9.67. The van der Waals surface area contributed by atoms with Crippen LogP contribution in [0, 0.1) is 11.7 Å². The molecule has 144 valence electrons. The van der Waals surface area contributed by atoms with Gasteiger partial charge in [0.25, 0.3) is 0 Å². The van der Waals surface area contributed by atoms with Crippen LogP contribution in [0.1, 0.15) is 44.1 Å². The number of nitrogens with zero attached hydrogens (tertiary/aromatic N) is 1. The van der Waals surface area contributed by atoms with Crippen molar-refractivity contribution in [2.75, 3.05) is 25.4 Å². The highest BCUT2D eigenvalue weighted by Gasteiger charge is 2.25. The Morgan fingerprint density at radius 1 is 1.23 bits per heavy atom. The van der Waals surface area contributed by atoms with Gasteiger partial charge in [0.2, 0.25) is 5.91 Å². The number of hydrogen-bond donors (Lipinski definition) is 1. The molecule has 1 aromatic rings. The van der Waals surface area contributed by atoms with E-state index in [0.29, 0.717) is 17.1 Å². The molecule has 1 amide bonds. The monoisotopic (exact) mass is 398 g/mol. The Labute approximate surface area is 165 Å². The normalized spacial score (nSPS) is 19.8. The minimum atomic E-state index is -0.253. The van der Waals surface area contributed by atoms with Gasteiger partial charge in [-0.1, -0.05) is 30.5 Å². The summed E-state index contributed by atoms with van der Waals surface area (Å²) in [6.45, 7) is 3.01. The maximum Gasteiger partial charge on any atom is 0.223 e. The minimum absolute atomic E-state index is 0.0952. The van der Waals surface area contributed by atoms with Crippen molar-refractivity contribution in [1.82, 2.24) is 10.2 Å². The van der Waals surface area contributed by atoms with Crippen molar-refractivity contribution in [3.63, 3.8) is 0 Å². The number of likely N-dealkylation sites (tertiary alicyclic amines) is 1. The predicted molar refractivity (Wildman–Crippen MR) is 107 cm³/mol. The van der Waals surface area contributed by atoms with Gasteiger partial charge in [0, 0.05) is 40.6 Å². The molecule has 6 heteroatoms. The fourth-order valence-corrected chi connectivity index (χ4v) is 5.22. The second kappa shape index (κ2) is 9.95. The lowest BCUT2D eigenvalue weighted by Gasteiger charge is -2.31. The van der Waals surface area contributed by atoms with E-state index in [1.54, 1.807) is 12.1 Å². The minimum Gasteiger partial charge on any atom is -0.355 e. The van der Waals surface area contributed by atoms with Crippen molar-refractivity contribution < 1.29 is 9.18 Å². The number of benzene rings is 1. The number of hydrogen-bond acceptors (Lipinski definition) is 3. The Kier molecular flexibility index (Phi) is 7.64. The highest BCUT2D eigenvalue weighted by molar-refractivity contribution is 7.99. The van der Waals surface area contributed by atoms with Crippen LogP contribution in [0.4, 0.5) is 4.39 Å². The largest absolute Gasteiger partial charge is 0.355 e. The molecule has 26 heavy (non-hydrogen) atoms. The van der Waals surface area contributed by atoms with E-state index in [9.17, 15) is 9.18 Å². The number of rotatable bonds is 7.